The van der Waals surface area contributed by atoms with E-state index in [0.29, 0.717) is 22.6 Å². The summed E-state index contributed by atoms with van der Waals surface area (Å²) in [6, 6.07) is 7.35. The third kappa shape index (κ3) is 2.21. The largest absolute Gasteiger partial charge is 0.436 e. The van der Waals surface area contributed by atoms with Crippen LogP contribution in [0.25, 0.3) is 16.7 Å². The molecule has 0 saturated carbocycles. The first-order chi connectivity index (χ1) is 9.80. The molecule has 0 bridgehead atoms. The van der Waals surface area contributed by atoms with Gasteiger partial charge in [0.05, 0.1) is 11.6 Å². The smallest absolute Gasteiger partial charge is 0.226 e. The summed E-state index contributed by atoms with van der Waals surface area (Å²) in [5, 5.41) is 12.0. The van der Waals surface area contributed by atoms with Crippen LogP contribution in [-0.4, -0.2) is 12.0 Å². The first-order valence-electron chi connectivity index (χ1n) is 6.37. The second-order valence-electron chi connectivity index (χ2n) is 4.45. The van der Waals surface area contributed by atoms with Crippen LogP contribution in [0.15, 0.2) is 52.6 Å². The van der Waals surface area contributed by atoms with E-state index in [4.69, 9.17) is 9.68 Å². The van der Waals surface area contributed by atoms with Crippen molar-refractivity contribution in [3.05, 3.63) is 59.7 Å². The SMILES string of the molecule is CNC1=CCC=C(c2nc3cc(C#N)ccc3o2)C=C1. The molecule has 0 fully saturated rings. The van der Waals surface area contributed by atoms with E-state index in [9.17, 15) is 0 Å². The summed E-state index contributed by atoms with van der Waals surface area (Å²) in [6.07, 6.45) is 8.96. The van der Waals surface area contributed by atoms with Gasteiger partial charge in [-0.15, -0.1) is 0 Å². The summed E-state index contributed by atoms with van der Waals surface area (Å²) in [5.74, 6) is 0.581. The maximum absolute atomic E-state index is 8.90. The van der Waals surface area contributed by atoms with E-state index in [-0.39, 0.29) is 0 Å². The highest BCUT2D eigenvalue weighted by atomic mass is 16.3. The lowest BCUT2D eigenvalue weighted by molar-refractivity contribution is 0.585. The number of allylic oxidation sites excluding steroid dienone is 5. The van der Waals surface area contributed by atoms with Gasteiger partial charge in [-0.2, -0.15) is 5.26 Å². The second-order valence-corrected chi connectivity index (χ2v) is 4.45. The fraction of sp³-hybridized carbons (Fsp3) is 0.125. The zero-order chi connectivity index (χ0) is 13.9. The van der Waals surface area contributed by atoms with E-state index in [0.717, 1.165) is 17.7 Å². The molecule has 2 aromatic rings. The van der Waals surface area contributed by atoms with Crippen molar-refractivity contribution in [3.63, 3.8) is 0 Å². The van der Waals surface area contributed by atoms with Gasteiger partial charge in [0, 0.05) is 18.3 Å². The number of nitrogens with zero attached hydrogens (tertiary/aromatic N) is 2. The Bertz CT molecular complexity index is 788. The standard InChI is InChI=1S/C16H13N3O/c1-18-13-4-2-3-12(6-7-13)16-19-14-9-11(10-17)5-8-15(14)20-16/h3-9,18H,2H2,1H3. The molecule has 3 rings (SSSR count). The molecule has 0 amide bonds. The lowest BCUT2D eigenvalue weighted by atomic mass is 10.2. The van der Waals surface area contributed by atoms with E-state index in [1.807, 2.05) is 19.2 Å². The molecule has 0 radical (unpaired) electrons. The monoisotopic (exact) mass is 263 g/mol. The fourth-order valence-corrected chi connectivity index (χ4v) is 2.09. The predicted molar refractivity (Wildman–Crippen MR) is 77.6 cm³/mol. The van der Waals surface area contributed by atoms with Crippen molar-refractivity contribution in [2.45, 2.75) is 6.42 Å². The minimum atomic E-state index is 0.581. The number of nitrogens with one attached hydrogen (secondary N) is 1. The third-order valence-corrected chi connectivity index (χ3v) is 3.17. The zero-order valence-electron chi connectivity index (χ0n) is 11.1. The van der Waals surface area contributed by atoms with Crippen molar-refractivity contribution < 1.29 is 4.42 Å². The van der Waals surface area contributed by atoms with E-state index in [1.165, 1.54) is 0 Å². The maximum atomic E-state index is 8.90. The van der Waals surface area contributed by atoms with E-state index in [2.05, 4.69) is 28.5 Å². The van der Waals surface area contributed by atoms with Gasteiger partial charge in [0.2, 0.25) is 5.89 Å². The number of rotatable bonds is 2. The van der Waals surface area contributed by atoms with E-state index >= 15 is 0 Å². The number of hydrogen-bond donors (Lipinski definition) is 1. The maximum Gasteiger partial charge on any atom is 0.226 e. The number of likely N-dealkylation sites (N-methyl/N-ethyl adjacent to an activating group) is 1. The molecule has 0 unspecified atom stereocenters. The van der Waals surface area contributed by atoms with Crippen LogP contribution in [0.5, 0.6) is 0 Å². The Balaban J connectivity index is 1.99. The van der Waals surface area contributed by atoms with Gasteiger partial charge in [-0.3, -0.25) is 0 Å². The molecule has 20 heavy (non-hydrogen) atoms. The molecule has 0 saturated heterocycles. The lowest BCUT2D eigenvalue weighted by Crippen LogP contribution is -2.01. The average molecular weight is 263 g/mol. The number of benzene rings is 1. The van der Waals surface area contributed by atoms with Crippen molar-refractivity contribution in [2.24, 2.45) is 0 Å². The summed E-state index contributed by atoms with van der Waals surface area (Å²) in [5.41, 5.74) is 4.00. The Morgan fingerprint density at radius 2 is 2.20 bits per heavy atom. The first-order valence-corrected chi connectivity index (χ1v) is 6.37. The number of aromatic nitrogens is 1. The van der Waals surface area contributed by atoms with Crippen LogP contribution in [0.2, 0.25) is 0 Å². The fourth-order valence-electron chi connectivity index (χ4n) is 2.09. The number of fused-ring (bicyclic) bond motifs is 1. The number of oxazole rings is 1. The lowest BCUT2D eigenvalue weighted by Gasteiger charge is -1.96. The molecule has 1 aliphatic rings. The van der Waals surface area contributed by atoms with Crippen LogP contribution < -0.4 is 5.32 Å². The first kappa shape index (κ1) is 12.2. The Labute approximate surface area is 116 Å². The summed E-state index contributed by atoms with van der Waals surface area (Å²) in [7, 11) is 1.89. The van der Waals surface area contributed by atoms with Crippen LogP contribution >= 0.6 is 0 Å². The van der Waals surface area contributed by atoms with Crippen molar-refractivity contribution in [2.75, 3.05) is 7.05 Å². The van der Waals surface area contributed by atoms with Crippen LogP contribution in [0.1, 0.15) is 17.9 Å². The minimum Gasteiger partial charge on any atom is -0.436 e. The van der Waals surface area contributed by atoms with Crippen LogP contribution in [0.3, 0.4) is 0 Å². The predicted octanol–water partition coefficient (Wildman–Crippen LogP) is 3.15. The molecule has 1 aliphatic carbocycles. The van der Waals surface area contributed by atoms with Gasteiger partial charge in [-0.25, -0.2) is 4.98 Å². The summed E-state index contributed by atoms with van der Waals surface area (Å²) in [4.78, 5) is 4.46. The van der Waals surface area contributed by atoms with Gasteiger partial charge < -0.3 is 9.73 Å². The molecule has 1 N–H and O–H groups in total. The average Bonchev–Trinajstić information content (AvgIpc) is 2.75. The van der Waals surface area contributed by atoms with Crippen molar-refractivity contribution in [3.8, 4) is 6.07 Å². The zero-order valence-corrected chi connectivity index (χ0v) is 11.1. The van der Waals surface area contributed by atoms with Gasteiger partial charge >= 0.3 is 0 Å². The molecule has 1 heterocycles. The molecule has 0 aliphatic heterocycles. The molecule has 0 spiro atoms. The molecular formula is C16H13N3O. The normalized spacial score (nSPS) is 14.4. The molecule has 4 nitrogen and oxygen atoms in total. The van der Waals surface area contributed by atoms with E-state index in [1.54, 1.807) is 18.2 Å². The number of hydrogen-bond acceptors (Lipinski definition) is 4. The Hall–Kier alpha value is -2.80. The van der Waals surface area contributed by atoms with Crippen LogP contribution in [-0.2, 0) is 0 Å². The van der Waals surface area contributed by atoms with Crippen molar-refractivity contribution in [1.29, 1.82) is 5.26 Å². The highest BCUT2D eigenvalue weighted by Crippen LogP contribution is 2.24. The van der Waals surface area contributed by atoms with Gasteiger partial charge in [-0.1, -0.05) is 12.2 Å². The van der Waals surface area contributed by atoms with Gasteiger partial charge in [-0.05, 0) is 36.8 Å². The van der Waals surface area contributed by atoms with Gasteiger partial charge in [0.25, 0.3) is 0 Å². The van der Waals surface area contributed by atoms with Crippen molar-refractivity contribution in [1.82, 2.24) is 10.3 Å². The molecule has 98 valence electrons. The second kappa shape index (κ2) is 5.06. The van der Waals surface area contributed by atoms with Gasteiger partial charge in [0.15, 0.2) is 5.58 Å². The van der Waals surface area contributed by atoms with Crippen molar-refractivity contribution >= 4 is 16.7 Å². The third-order valence-electron chi connectivity index (χ3n) is 3.17. The summed E-state index contributed by atoms with van der Waals surface area (Å²) >= 11 is 0. The Morgan fingerprint density at radius 3 is 3.00 bits per heavy atom. The Morgan fingerprint density at radius 1 is 1.30 bits per heavy atom. The topological polar surface area (TPSA) is 61.9 Å². The van der Waals surface area contributed by atoms with Crippen LogP contribution in [0.4, 0.5) is 0 Å². The quantitative estimate of drug-likeness (QED) is 0.904. The number of nitriles is 1. The van der Waals surface area contributed by atoms with E-state index < -0.39 is 0 Å². The molecule has 0 atom stereocenters. The summed E-state index contributed by atoms with van der Waals surface area (Å²) in [6.45, 7) is 0. The molecule has 1 aromatic heterocycles. The molecule has 4 heteroatoms. The Kier molecular flexibility index (Phi) is 3.10. The molecule has 1 aromatic carbocycles. The highest BCUT2D eigenvalue weighted by molar-refractivity contribution is 5.79. The minimum absolute atomic E-state index is 0.581. The molecular weight excluding hydrogens is 250 g/mol. The van der Waals surface area contributed by atoms with Gasteiger partial charge in [0.1, 0.15) is 5.52 Å². The van der Waals surface area contributed by atoms with Crippen LogP contribution in [0, 0.1) is 11.3 Å². The highest BCUT2D eigenvalue weighted by Gasteiger charge is 2.10. The summed E-state index contributed by atoms with van der Waals surface area (Å²) < 4.78 is 5.75.